The van der Waals surface area contributed by atoms with Gasteiger partial charge in [0, 0.05) is 13.0 Å². The normalized spacial score (nSPS) is 11.2. The van der Waals surface area contributed by atoms with Crippen molar-refractivity contribution in [1.29, 1.82) is 0 Å². The number of benzene rings is 2. The molecule has 0 atom stereocenters. The molecule has 8 heteroatoms. The zero-order chi connectivity index (χ0) is 22.0. The average molecular weight is 435 g/mol. The van der Waals surface area contributed by atoms with E-state index in [9.17, 15) is 13.2 Å². The summed E-state index contributed by atoms with van der Waals surface area (Å²) in [6, 6.07) is 16.3. The van der Waals surface area contributed by atoms with E-state index in [1.54, 1.807) is 24.3 Å². The van der Waals surface area contributed by atoms with Crippen LogP contribution in [0.2, 0.25) is 0 Å². The van der Waals surface area contributed by atoms with Crippen LogP contribution < -0.4 is 19.1 Å². The number of carbonyl (C=O) groups excluding carboxylic acids is 1. The van der Waals surface area contributed by atoms with E-state index in [0.717, 1.165) is 12.0 Å². The van der Waals surface area contributed by atoms with E-state index >= 15 is 0 Å². The number of nitrogens with one attached hydrogen (secondary N) is 1. The molecule has 164 valence electrons. The van der Waals surface area contributed by atoms with Gasteiger partial charge in [-0.1, -0.05) is 18.2 Å². The molecule has 7 nitrogen and oxygen atoms in total. The number of ether oxygens (including phenoxy) is 2. The van der Waals surface area contributed by atoms with Gasteiger partial charge in [-0.15, -0.1) is 0 Å². The molecular weight excluding hydrogens is 404 g/mol. The maximum atomic E-state index is 12.2. The quantitative estimate of drug-likeness (QED) is 0.519. The Morgan fingerprint density at radius 2 is 1.70 bits per heavy atom. The van der Waals surface area contributed by atoms with Gasteiger partial charge < -0.3 is 14.8 Å². The van der Waals surface area contributed by atoms with Crippen LogP contribution in [0.1, 0.15) is 26.7 Å². The Morgan fingerprint density at radius 1 is 1.03 bits per heavy atom. The van der Waals surface area contributed by atoms with Crippen molar-refractivity contribution in [2.75, 3.05) is 30.3 Å². The Bertz CT molecular complexity index is 884. The molecule has 0 aliphatic carbocycles. The molecule has 2 aromatic carbocycles. The molecular formula is C22H30N2O5S. The zero-order valence-electron chi connectivity index (χ0n) is 17.7. The first-order valence-electron chi connectivity index (χ1n) is 9.94. The van der Waals surface area contributed by atoms with E-state index in [1.165, 1.54) is 4.31 Å². The number of nitrogens with zero attached hydrogens (tertiary/aromatic N) is 1. The molecule has 0 spiro atoms. The Balaban J connectivity index is 1.78. The van der Waals surface area contributed by atoms with Crippen LogP contribution in [-0.4, -0.2) is 46.4 Å². The van der Waals surface area contributed by atoms with E-state index in [1.807, 2.05) is 44.2 Å². The van der Waals surface area contributed by atoms with Crippen molar-refractivity contribution in [3.63, 3.8) is 0 Å². The van der Waals surface area contributed by atoms with E-state index in [-0.39, 0.29) is 25.0 Å². The molecule has 0 aromatic heterocycles. The third kappa shape index (κ3) is 8.32. The van der Waals surface area contributed by atoms with Gasteiger partial charge >= 0.3 is 0 Å². The number of hydrogen-bond acceptors (Lipinski definition) is 5. The molecule has 0 fully saturated rings. The second kappa shape index (κ2) is 11.4. The minimum atomic E-state index is -3.46. The van der Waals surface area contributed by atoms with Gasteiger partial charge in [0.05, 0.1) is 24.6 Å². The summed E-state index contributed by atoms with van der Waals surface area (Å²) >= 11 is 0. The van der Waals surface area contributed by atoms with Gasteiger partial charge in [-0.05, 0) is 56.7 Å². The van der Waals surface area contributed by atoms with Crippen LogP contribution in [0.15, 0.2) is 54.6 Å². The zero-order valence-corrected chi connectivity index (χ0v) is 18.5. The number of amides is 1. The summed E-state index contributed by atoms with van der Waals surface area (Å²) < 4.78 is 36.8. The van der Waals surface area contributed by atoms with Gasteiger partial charge in [-0.2, -0.15) is 0 Å². The molecule has 0 bridgehead atoms. The molecule has 0 aliphatic heterocycles. The highest BCUT2D eigenvalue weighted by Crippen LogP contribution is 2.22. The number of rotatable bonds is 12. The Kier molecular flexibility index (Phi) is 8.98. The van der Waals surface area contributed by atoms with Crippen LogP contribution in [0.25, 0.3) is 0 Å². The molecule has 1 amide bonds. The van der Waals surface area contributed by atoms with Crippen LogP contribution in [-0.2, 0) is 14.8 Å². The fraction of sp³-hybridized carbons (Fsp3) is 0.409. The number of hydrogen-bond donors (Lipinski definition) is 1. The summed E-state index contributed by atoms with van der Waals surface area (Å²) in [6.07, 6.45) is 1.83. The summed E-state index contributed by atoms with van der Waals surface area (Å²) in [5, 5.41) is 2.78. The largest absolute Gasteiger partial charge is 0.492 e. The lowest BCUT2D eigenvalue weighted by atomic mass is 10.2. The molecule has 0 radical (unpaired) electrons. The van der Waals surface area contributed by atoms with Crippen LogP contribution in [0.4, 0.5) is 5.69 Å². The van der Waals surface area contributed by atoms with Crippen molar-refractivity contribution >= 4 is 21.6 Å². The minimum Gasteiger partial charge on any atom is -0.492 e. The fourth-order valence-electron chi connectivity index (χ4n) is 2.80. The van der Waals surface area contributed by atoms with Gasteiger partial charge in [-0.25, -0.2) is 8.42 Å². The average Bonchev–Trinajstić information content (AvgIpc) is 2.69. The summed E-state index contributed by atoms with van der Waals surface area (Å²) in [5.74, 6) is 1.29. The standard InChI is InChI=1S/C22H30N2O5S/c1-18(2)29-21-13-11-19(12-14-21)24(30(3,26)27)16-7-10-22(25)23-15-17-28-20-8-5-4-6-9-20/h4-6,8-9,11-14,18H,7,10,15-17H2,1-3H3,(H,23,25). The van der Waals surface area contributed by atoms with E-state index in [0.29, 0.717) is 31.0 Å². The highest BCUT2D eigenvalue weighted by atomic mass is 32.2. The number of para-hydroxylation sites is 1. The van der Waals surface area contributed by atoms with Crippen molar-refractivity contribution in [2.45, 2.75) is 32.8 Å². The lowest BCUT2D eigenvalue weighted by molar-refractivity contribution is -0.121. The lowest BCUT2D eigenvalue weighted by Gasteiger charge is -2.22. The fourth-order valence-corrected chi connectivity index (χ4v) is 3.76. The summed E-state index contributed by atoms with van der Waals surface area (Å²) in [4.78, 5) is 12.0. The Hall–Kier alpha value is -2.74. The molecule has 2 aromatic rings. The van der Waals surface area contributed by atoms with E-state index in [2.05, 4.69) is 5.32 Å². The van der Waals surface area contributed by atoms with Crippen molar-refractivity contribution in [1.82, 2.24) is 5.32 Å². The maximum absolute atomic E-state index is 12.2. The summed E-state index contributed by atoms with van der Waals surface area (Å²) in [7, 11) is -3.46. The molecule has 0 aliphatic rings. The highest BCUT2D eigenvalue weighted by molar-refractivity contribution is 7.92. The van der Waals surface area contributed by atoms with Gasteiger partial charge in [0.1, 0.15) is 18.1 Å². The second-order valence-corrected chi connectivity index (χ2v) is 9.02. The van der Waals surface area contributed by atoms with Gasteiger partial charge in [-0.3, -0.25) is 9.10 Å². The molecule has 0 unspecified atom stereocenters. The first-order valence-corrected chi connectivity index (χ1v) is 11.8. The highest BCUT2D eigenvalue weighted by Gasteiger charge is 2.17. The smallest absolute Gasteiger partial charge is 0.232 e. The van der Waals surface area contributed by atoms with Crippen molar-refractivity contribution < 1.29 is 22.7 Å². The SMILES string of the molecule is CC(C)Oc1ccc(N(CCCC(=O)NCCOc2ccccc2)S(C)(=O)=O)cc1. The van der Waals surface area contributed by atoms with Crippen LogP contribution in [0, 0.1) is 0 Å². The van der Waals surface area contributed by atoms with Gasteiger partial charge in [0.25, 0.3) is 0 Å². The topological polar surface area (TPSA) is 84.9 Å². The molecule has 1 N–H and O–H groups in total. The predicted molar refractivity (Wildman–Crippen MR) is 119 cm³/mol. The van der Waals surface area contributed by atoms with Crippen LogP contribution >= 0.6 is 0 Å². The van der Waals surface area contributed by atoms with Gasteiger partial charge in [0.15, 0.2) is 0 Å². The van der Waals surface area contributed by atoms with E-state index in [4.69, 9.17) is 9.47 Å². The number of sulfonamides is 1. The molecule has 0 saturated carbocycles. The summed E-state index contributed by atoms with van der Waals surface area (Å²) in [5.41, 5.74) is 0.547. The lowest BCUT2D eigenvalue weighted by Crippen LogP contribution is -2.32. The van der Waals surface area contributed by atoms with Crippen molar-refractivity contribution in [3.05, 3.63) is 54.6 Å². The third-order valence-corrected chi connectivity index (χ3v) is 5.29. The predicted octanol–water partition coefficient (Wildman–Crippen LogP) is 3.22. The van der Waals surface area contributed by atoms with E-state index < -0.39 is 10.0 Å². The monoisotopic (exact) mass is 434 g/mol. The molecule has 0 heterocycles. The molecule has 0 saturated heterocycles. The second-order valence-electron chi connectivity index (χ2n) is 7.11. The van der Waals surface area contributed by atoms with Gasteiger partial charge in [0.2, 0.25) is 15.9 Å². The Morgan fingerprint density at radius 3 is 2.30 bits per heavy atom. The van der Waals surface area contributed by atoms with Crippen molar-refractivity contribution in [2.24, 2.45) is 0 Å². The number of carbonyl (C=O) groups is 1. The first kappa shape index (κ1) is 23.5. The Labute approximate surface area is 179 Å². The van der Waals surface area contributed by atoms with Crippen molar-refractivity contribution in [3.8, 4) is 11.5 Å². The first-order chi connectivity index (χ1) is 14.3. The number of anilines is 1. The molecule has 2 rings (SSSR count). The summed E-state index contributed by atoms with van der Waals surface area (Å²) in [6.45, 7) is 4.83. The molecule has 30 heavy (non-hydrogen) atoms. The van der Waals surface area contributed by atoms with Crippen LogP contribution in [0.5, 0.6) is 11.5 Å². The minimum absolute atomic E-state index is 0.0402. The third-order valence-electron chi connectivity index (χ3n) is 4.10. The van der Waals surface area contributed by atoms with Crippen LogP contribution in [0.3, 0.4) is 0 Å². The maximum Gasteiger partial charge on any atom is 0.232 e.